The zero-order valence-corrected chi connectivity index (χ0v) is 15.7. The smallest absolute Gasteiger partial charge is 0.0199 e. The van der Waals surface area contributed by atoms with Crippen LogP contribution in [0.3, 0.4) is 0 Å². The second-order valence-electron chi connectivity index (χ2n) is 6.60. The lowest BCUT2D eigenvalue weighted by Crippen LogP contribution is -2.17. The van der Waals surface area contributed by atoms with Gasteiger partial charge in [-0.2, -0.15) is 0 Å². The van der Waals surface area contributed by atoms with Crippen LogP contribution in [0.25, 0.3) is 6.08 Å². The van der Waals surface area contributed by atoms with Gasteiger partial charge in [-0.1, -0.05) is 74.1 Å². The van der Waals surface area contributed by atoms with Crippen molar-refractivity contribution in [3.63, 3.8) is 0 Å². The number of likely N-dealkylation sites (N-methyl/N-ethyl adjacent to an activating group) is 1. The van der Waals surface area contributed by atoms with E-state index in [0.29, 0.717) is 5.92 Å². The number of rotatable bonds is 11. The van der Waals surface area contributed by atoms with E-state index in [-0.39, 0.29) is 0 Å². The SMILES string of the molecule is C=C(C)CCC(C(=C)CCC)/C(=C/c1ccccc1)C(=C)CNC. The first-order valence-corrected chi connectivity index (χ1v) is 8.91. The number of allylic oxidation sites excluding steroid dienone is 2. The fourth-order valence-electron chi connectivity index (χ4n) is 2.96. The van der Waals surface area contributed by atoms with Crippen LogP contribution >= 0.6 is 0 Å². The van der Waals surface area contributed by atoms with Crippen LogP contribution in [0, 0.1) is 5.92 Å². The van der Waals surface area contributed by atoms with Crippen LogP contribution in [0.15, 0.2) is 72.4 Å². The van der Waals surface area contributed by atoms with Gasteiger partial charge in [-0.15, -0.1) is 6.58 Å². The zero-order chi connectivity index (χ0) is 17.9. The third kappa shape index (κ3) is 6.72. The first kappa shape index (κ1) is 20.2. The molecule has 0 aromatic heterocycles. The van der Waals surface area contributed by atoms with E-state index < -0.39 is 0 Å². The molecule has 0 fully saturated rings. The summed E-state index contributed by atoms with van der Waals surface area (Å²) < 4.78 is 0. The van der Waals surface area contributed by atoms with Gasteiger partial charge in [-0.25, -0.2) is 0 Å². The summed E-state index contributed by atoms with van der Waals surface area (Å²) in [7, 11) is 1.97. The van der Waals surface area contributed by atoms with Crippen molar-refractivity contribution in [3.8, 4) is 0 Å². The van der Waals surface area contributed by atoms with E-state index in [1.54, 1.807) is 0 Å². The summed E-state index contributed by atoms with van der Waals surface area (Å²) in [5, 5.41) is 3.24. The molecule has 1 unspecified atom stereocenters. The molecule has 1 aromatic carbocycles. The molecule has 1 nitrogen and oxygen atoms in total. The quantitative estimate of drug-likeness (QED) is 0.379. The van der Waals surface area contributed by atoms with Gasteiger partial charge in [0.05, 0.1) is 0 Å². The van der Waals surface area contributed by atoms with E-state index in [2.05, 4.69) is 69.2 Å². The van der Waals surface area contributed by atoms with Crippen molar-refractivity contribution >= 4 is 6.08 Å². The summed E-state index contributed by atoms with van der Waals surface area (Å²) in [6.45, 7) is 17.9. The molecule has 130 valence electrons. The highest BCUT2D eigenvalue weighted by atomic mass is 14.8. The molecule has 0 aliphatic heterocycles. The largest absolute Gasteiger partial charge is 0.316 e. The van der Waals surface area contributed by atoms with Crippen molar-refractivity contribution < 1.29 is 0 Å². The predicted molar refractivity (Wildman–Crippen MR) is 109 cm³/mol. The summed E-state index contributed by atoms with van der Waals surface area (Å²) in [6, 6.07) is 10.5. The minimum atomic E-state index is 0.336. The van der Waals surface area contributed by atoms with Crippen molar-refractivity contribution in [1.82, 2.24) is 5.32 Å². The maximum absolute atomic E-state index is 4.40. The van der Waals surface area contributed by atoms with Crippen molar-refractivity contribution in [2.75, 3.05) is 13.6 Å². The number of hydrogen-bond acceptors (Lipinski definition) is 1. The third-order valence-corrected chi connectivity index (χ3v) is 4.22. The van der Waals surface area contributed by atoms with Gasteiger partial charge in [-0.05, 0) is 49.9 Å². The molecule has 0 saturated carbocycles. The Hall–Kier alpha value is -1.86. The van der Waals surface area contributed by atoms with E-state index in [9.17, 15) is 0 Å². The Morgan fingerprint density at radius 2 is 1.79 bits per heavy atom. The standard InChI is InChI=1S/C23H33N/c1-7-11-19(4)22(15-14-18(2)3)23(20(5)17-24-6)16-21-12-9-8-10-13-21/h8-10,12-13,16,22,24H,2,4-5,7,11,14-15,17H2,1,3,6H3/b23-16+. The molecule has 1 rings (SSSR count). The normalized spacial score (nSPS) is 12.7. The average Bonchev–Trinajstić information content (AvgIpc) is 2.55. The molecular formula is C23H33N. The molecule has 24 heavy (non-hydrogen) atoms. The highest BCUT2D eigenvalue weighted by Crippen LogP contribution is 2.33. The Bertz CT molecular complexity index is 577. The van der Waals surface area contributed by atoms with Gasteiger partial charge in [0.1, 0.15) is 0 Å². The highest BCUT2D eigenvalue weighted by molar-refractivity contribution is 5.60. The molecule has 1 heteroatoms. The molecule has 0 aliphatic rings. The maximum Gasteiger partial charge on any atom is 0.0199 e. The lowest BCUT2D eigenvalue weighted by atomic mass is 9.81. The predicted octanol–water partition coefficient (Wildman–Crippen LogP) is 6.17. The first-order chi connectivity index (χ1) is 11.5. The molecule has 0 amide bonds. The molecule has 0 bridgehead atoms. The Morgan fingerprint density at radius 3 is 2.33 bits per heavy atom. The Labute approximate surface area is 148 Å². The minimum Gasteiger partial charge on any atom is -0.316 e. The van der Waals surface area contributed by atoms with Crippen LogP contribution in [0.1, 0.15) is 45.1 Å². The topological polar surface area (TPSA) is 12.0 Å². The van der Waals surface area contributed by atoms with E-state index in [1.807, 2.05) is 13.1 Å². The second kappa shape index (κ2) is 10.8. The number of benzene rings is 1. The van der Waals surface area contributed by atoms with Crippen molar-refractivity contribution in [2.45, 2.75) is 39.5 Å². The summed E-state index contributed by atoms with van der Waals surface area (Å²) in [5.74, 6) is 0.336. The van der Waals surface area contributed by atoms with Crippen LogP contribution in [0.5, 0.6) is 0 Å². The van der Waals surface area contributed by atoms with Crippen LogP contribution in [0.4, 0.5) is 0 Å². The summed E-state index contributed by atoms with van der Waals surface area (Å²) >= 11 is 0. The van der Waals surface area contributed by atoms with Gasteiger partial charge < -0.3 is 5.32 Å². The molecular weight excluding hydrogens is 290 g/mol. The van der Waals surface area contributed by atoms with Crippen LogP contribution in [-0.2, 0) is 0 Å². The van der Waals surface area contributed by atoms with Crippen LogP contribution < -0.4 is 5.32 Å². The minimum absolute atomic E-state index is 0.336. The Kier molecular flexibility index (Phi) is 9.11. The fourth-order valence-corrected chi connectivity index (χ4v) is 2.96. The molecule has 1 atom stereocenters. The number of nitrogens with one attached hydrogen (secondary N) is 1. The second-order valence-corrected chi connectivity index (χ2v) is 6.60. The van der Waals surface area contributed by atoms with E-state index in [0.717, 1.165) is 37.8 Å². The molecule has 0 radical (unpaired) electrons. The molecule has 0 heterocycles. The lowest BCUT2D eigenvalue weighted by Gasteiger charge is -2.25. The van der Waals surface area contributed by atoms with Crippen molar-refractivity contribution in [3.05, 3.63) is 77.9 Å². The summed E-state index contributed by atoms with van der Waals surface area (Å²) in [5.41, 5.74) is 6.19. The Morgan fingerprint density at radius 1 is 1.12 bits per heavy atom. The van der Waals surface area contributed by atoms with Gasteiger partial charge in [-0.3, -0.25) is 0 Å². The van der Waals surface area contributed by atoms with E-state index in [1.165, 1.54) is 22.3 Å². The van der Waals surface area contributed by atoms with Crippen molar-refractivity contribution in [2.24, 2.45) is 5.92 Å². The molecule has 0 spiro atoms. The lowest BCUT2D eigenvalue weighted by molar-refractivity contribution is 0.613. The van der Waals surface area contributed by atoms with Gasteiger partial charge >= 0.3 is 0 Å². The summed E-state index contributed by atoms with van der Waals surface area (Å²) in [4.78, 5) is 0. The highest BCUT2D eigenvalue weighted by Gasteiger charge is 2.19. The van der Waals surface area contributed by atoms with E-state index >= 15 is 0 Å². The number of hydrogen-bond donors (Lipinski definition) is 1. The van der Waals surface area contributed by atoms with Gasteiger partial charge in [0.15, 0.2) is 0 Å². The third-order valence-electron chi connectivity index (χ3n) is 4.22. The van der Waals surface area contributed by atoms with Gasteiger partial charge in [0.2, 0.25) is 0 Å². The molecule has 0 saturated heterocycles. The summed E-state index contributed by atoms with van der Waals surface area (Å²) in [6.07, 6.45) is 6.53. The monoisotopic (exact) mass is 323 g/mol. The maximum atomic E-state index is 4.40. The van der Waals surface area contributed by atoms with E-state index in [4.69, 9.17) is 0 Å². The fraction of sp³-hybridized carbons (Fsp3) is 0.391. The first-order valence-electron chi connectivity index (χ1n) is 8.91. The molecule has 1 N–H and O–H groups in total. The zero-order valence-electron chi connectivity index (χ0n) is 15.7. The average molecular weight is 324 g/mol. The van der Waals surface area contributed by atoms with Crippen LogP contribution in [0.2, 0.25) is 0 Å². The van der Waals surface area contributed by atoms with Gasteiger partial charge in [0, 0.05) is 12.5 Å². The molecule has 1 aromatic rings. The molecule has 0 aliphatic carbocycles. The van der Waals surface area contributed by atoms with Gasteiger partial charge in [0.25, 0.3) is 0 Å². The Balaban J connectivity index is 3.22. The van der Waals surface area contributed by atoms with Crippen LogP contribution in [-0.4, -0.2) is 13.6 Å². The van der Waals surface area contributed by atoms with Crippen molar-refractivity contribution in [1.29, 1.82) is 0 Å².